The summed E-state index contributed by atoms with van der Waals surface area (Å²) in [6.07, 6.45) is 34.2. The first-order valence-corrected chi connectivity index (χ1v) is 20.7. The molecule has 0 unspecified atom stereocenters. The number of rotatable bonds is 37. The van der Waals surface area contributed by atoms with E-state index in [0.717, 1.165) is 32.1 Å². The molecule has 0 spiro atoms. The number of hydrogen-bond acceptors (Lipinski definition) is 6. The number of carbonyl (C=O) groups excluding carboxylic acids is 1. The highest BCUT2D eigenvalue weighted by Gasteiger charge is 2.23. The Morgan fingerprint density at radius 2 is 0.854 bits per heavy atom. The summed E-state index contributed by atoms with van der Waals surface area (Å²) in [6, 6.07) is -0.951. The summed E-state index contributed by atoms with van der Waals surface area (Å²) in [7, 11) is 0. The molecule has 0 heterocycles. The molecule has 0 aromatic heterocycles. The van der Waals surface area contributed by atoms with Crippen LogP contribution in [0.5, 0.6) is 0 Å². The first-order valence-electron chi connectivity index (χ1n) is 20.7. The van der Waals surface area contributed by atoms with Gasteiger partial charge in [-0.2, -0.15) is 0 Å². The third-order valence-electron chi connectivity index (χ3n) is 9.78. The van der Waals surface area contributed by atoms with E-state index >= 15 is 0 Å². The second-order valence-corrected chi connectivity index (χ2v) is 14.6. The maximum Gasteiger partial charge on any atom is 0.223 e. The molecule has 0 fully saturated rings. The number of aliphatic hydroxyl groups is 5. The smallest absolute Gasteiger partial charge is 0.223 e. The molecule has 0 aliphatic heterocycles. The van der Waals surface area contributed by atoms with Crippen molar-refractivity contribution in [2.75, 3.05) is 6.61 Å². The van der Waals surface area contributed by atoms with E-state index in [2.05, 4.69) is 19.2 Å². The Kier molecular flexibility index (Phi) is 35.1. The topological polar surface area (TPSA) is 130 Å². The molecule has 7 nitrogen and oxygen atoms in total. The van der Waals surface area contributed by atoms with Crippen LogP contribution in [-0.2, 0) is 4.79 Å². The fraction of sp³-hybridized carbons (Fsp3) is 0.927. The van der Waals surface area contributed by atoms with Gasteiger partial charge in [0, 0.05) is 0 Å². The summed E-state index contributed by atoms with van der Waals surface area (Å²) in [5.74, 6) is -0.545. The van der Waals surface area contributed by atoms with E-state index < -0.39 is 43.0 Å². The first kappa shape index (κ1) is 47.0. The van der Waals surface area contributed by atoms with Crippen molar-refractivity contribution in [2.45, 2.75) is 237 Å². The zero-order chi connectivity index (χ0) is 35.5. The Bertz CT molecular complexity index is 704. The van der Waals surface area contributed by atoms with Crippen molar-refractivity contribution in [3.8, 4) is 0 Å². The Morgan fingerprint density at radius 1 is 0.500 bits per heavy atom. The summed E-state index contributed by atoms with van der Waals surface area (Å²) in [4.78, 5) is 12.3. The van der Waals surface area contributed by atoms with Crippen LogP contribution in [0.2, 0.25) is 0 Å². The van der Waals surface area contributed by atoms with Gasteiger partial charge in [-0.25, -0.2) is 0 Å². The summed E-state index contributed by atoms with van der Waals surface area (Å²) in [6.45, 7) is 3.96. The van der Waals surface area contributed by atoms with Crippen LogP contribution < -0.4 is 5.32 Å². The molecule has 0 rings (SSSR count). The first-order chi connectivity index (χ1) is 23.3. The number of nitrogens with one attached hydrogen (secondary N) is 1. The predicted octanol–water partition coefficient (Wildman–Crippen LogP) is 9.21. The molecule has 0 saturated carbocycles. The molecule has 0 saturated heterocycles. The molecule has 5 atom stereocenters. The van der Waals surface area contributed by atoms with Gasteiger partial charge in [0.05, 0.1) is 43.5 Å². The highest BCUT2D eigenvalue weighted by Crippen LogP contribution is 2.16. The van der Waals surface area contributed by atoms with E-state index in [1.807, 2.05) is 0 Å². The van der Waals surface area contributed by atoms with Gasteiger partial charge in [-0.1, -0.05) is 199 Å². The molecule has 0 bridgehead atoms. The molecule has 7 heteroatoms. The molecule has 48 heavy (non-hydrogen) atoms. The van der Waals surface area contributed by atoms with Crippen molar-refractivity contribution in [1.29, 1.82) is 0 Å². The van der Waals surface area contributed by atoms with E-state index in [0.29, 0.717) is 12.8 Å². The molecule has 1 amide bonds. The molecule has 0 aliphatic rings. The van der Waals surface area contributed by atoms with Gasteiger partial charge in [0.15, 0.2) is 0 Å². The van der Waals surface area contributed by atoms with E-state index in [9.17, 15) is 30.3 Å². The summed E-state index contributed by atoms with van der Waals surface area (Å²) in [5, 5.41) is 53.3. The average molecular weight is 684 g/mol. The lowest BCUT2D eigenvalue weighted by atomic mass is 10.0. The van der Waals surface area contributed by atoms with Crippen LogP contribution in [0.3, 0.4) is 0 Å². The van der Waals surface area contributed by atoms with Crippen LogP contribution in [0.1, 0.15) is 206 Å². The van der Waals surface area contributed by atoms with Crippen molar-refractivity contribution >= 4 is 5.91 Å². The molecule has 0 radical (unpaired) electrons. The highest BCUT2D eigenvalue weighted by molar-refractivity contribution is 5.77. The van der Waals surface area contributed by atoms with E-state index in [1.165, 1.54) is 153 Å². The van der Waals surface area contributed by atoms with Crippen molar-refractivity contribution in [1.82, 2.24) is 5.32 Å². The SMILES string of the molecule is CCCCCCCCCCCCCCCCCCCCCCC[C@@H](O)/C=C/[C@H](O)[C@@H](CO)NC(=O)C[C@H](O)[C@@H](O)CCCCCCCC. The Labute approximate surface area is 296 Å². The normalized spacial score (nSPS) is 15.1. The maximum absolute atomic E-state index is 12.3. The van der Waals surface area contributed by atoms with Gasteiger partial charge >= 0.3 is 0 Å². The molecule has 0 aromatic carbocycles. The van der Waals surface area contributed by atoms with Crippen LogP contribution >= 0.6 is 0 Å². The van der Waals surface area contributed by atoms with Crippen molar-refractivity contribution in [3.05, 3.63) is 12.2 Å². The molecular weight excluding hydrogens is 602 g/mol. The molecule has 286 valence electrons. The minimum Gasteiger partial charge on any atom is -0.394 e. The van der Waals surface area contributed by atoms with E-state index in [-0.39, 0.29) is 6.42 Å². The average Bonchev–Trinajstić information content (AvgIpc) is 3.08. The second kappa shape index (κ2) is 35.8. The number of unbranched alkanes of at least 4 members (excludes halogenated alkanes) is 25. The van der Waals surface area contributed by atoms with Crippen molar-refractivity contribution in [3.63, 3.8) is 0 Å². The van der Waals surface area contributed by atoms with Crippen LogP contribution in [-0.4, -0.2) is 68.5 Å². The zero-order valence-electron chi connectivity index (χ0n) is 31.6. The summed E-state index contributed by atoms with van der Waals surface area (Å²) >= 11 is 0. The minimum atomic E-state index is -1.19. The van der Waals surface area contributed by atoms with Gasteiger partial charge in [-0.05, 0) is 12.8 Å². The van der Waals surface area contributed by atoms with Gasteiger partial charge < -0.3 is 30.8 Å². The predicted molar refractivity (Wildman–Crippen MR) is 202 cm³/mol. The van der Waals surface area contributed by atoms with Gasteiger partial charge in [0.2, 0.25) is 5.91 Å². The largest absolute Gasteiger partial charge is 0.394 e. The fourth-order valence-corrected chi connectivity index (χ4v) is 6.41. The fourth-order valence-electron chi connectivity index (χ4n) is 6.41. The van der Waals surface area contributed by atoms with Crippen LogP contribution in [0.25, 0.3) is 0 Å². The lowest BCUT2D eigenvalue weighted by molar-refractivity contribution is -0.126. The quantitative estimate of drug-likeness (QED) is 0.0286. The van der Waals surface area contributed by atoms with E-state index in [4.69, 9.17) is 0 Å². The third kappa shape index (κ3) is 31.0. The Hall–Kier alpha value is -0.990. The number of carbonyl (C=O) groups is 1. The van der Waals surface area contributed by atoms with Gasteiger partial charge in [0.1, 0.15) is 0 Å². The van der Waals surface area contributed by atoms with Gasteiger partial charge in [-0.3, -0.25) is 4.79 Å². The van der Waals surface area contributed by atoms with E-state index in [1.54, 1.807) is 0 Å². The van der Waals surface area contributed by atoms with Crippen LogP contribution in [0, 0.1) is 0 Å². The molecule has 0 aromatic rings. The van der Waals surface area contributed by atoms with Gasteiger partial charge in [0.25, 0.3) is 0 Å². The maximum atomic E-state index is 12.3. The second-order valence-electron chi connectivity index (χ2n) is 14.6. The zero-order valence-corrected chi connectivity index (χ0v) is 31.6. The Balaban J connectivity index is 3.76. The standard InChI is InChI=1S/C41H81NO6/c1-3-5-7-9-11-12-13-14-15-16-17-18-19-20-21-22-23-24-25-26-28-30-36(44)32-33-38(45)37(35-43)42-41(48)34-40(47)39(46)31-29-27-10-8-6-4-2/h32-33,36-40,43-47H,3-31,34-35H2,1-2H3,(H,42,48)/b33-32+/t36-,37-,38+,39+,40+/m1/s1. The highest BCUT2D eigenvalue weighted by atomic mass is 16.3. The van der Waals surface area contributed by atoms with Crippen LogP contribution in [0.4, 0.5) is 0 Å². The van der Waals surface area contributed by atoms with Crippen molar-refractivity contribution in [2.24, 2.45) is 0 Å². The number of aliphatic hydroxyl groups excluding tert-OH is 5. The summed E-state index contributed by atoms with van der Waals surface area (Å²) < 4.78 is 0. The molecular formula is C41H81NO6. The van der Waals surface area contributed by atoms with Gasteiger partial charge in [-0.15, -0.1) is 0 Å². The summed E-state index contributed by atoms with van der Waals surface area (Å²) in [5.41, 5.74) is 0. The number of amides is 1. The van der Waals surface area contributed by atoms with Crippen LogP contribution in [0.15, 0.2) is 12.2 Å². The molecule has 0 aliphatic carbocycles. The minimum absolute atomic E-state index is 0.300. The number of hydrogen-bond donors (Lipinski definition) is 6. The lowest BCUT2D eigenvalue weighted by Gasteiger charge is -2.22. The monoisotopic (exact) mass is 684 g/mol. The van der Waals surface area contributed by atoms with Crippen molar-refractivity contribution < 1.29 is 30.3 Å². The third-order valence-corrected chi connectivity index (χ3v) is 9.78. The Morgan fingerprint density at radius 3 is 1.23 bits per heavy atom. The lowest BCUT2D eigenvalue weighted by Crippen LogP contribution is -2.46. The molecule has 6 N–H and O–H groups in total.